The number of thiol groups is 1. The van der Waals surface area contributed by atoms with E-state index in [4.69, 9.17) is 14.3 Å². The van der Waals surface area contributed by atoms with Crippen molar-refractivity contribution in [2.45, 2.75) is 19.8 Å². The molecule has 0 radical (unpaired) electrons. The topological polar surface area (TPSA) is 163 Å². The lowest BCUT2D eigenvalue weighted by Gasteiger charge is -2.35. The summed E-state index contributed by atoms with van der Waals surface area (Å²) in [5.41, 5.74) is 9.32. The monoisotopic (exact) mass is 454 g/mol. The number of nitrogens with one attached hydrogen (secondary N) is 1. The van der Waals surface area contributed by atoms with Gasteiger partial charge in [0, 0.05) is 31.1 Å². The van der Waals surface area contributed by atoms with Gasteiger partial charge in [0.15, 0.2) is 11.5 Å². The van der Waals surface area contributed by atoms with Crippen molar-refractivity contribution in [2.24, 2.45) is 23.3 Å². The molecule has 2 heterocycles. The fourth-order valence-electron chi connectivity index (χ4n) is 3.69. The summed E-state index contributed by atoms with van der Waals surface area (Å²) in [5, 5.41) is 0.937. The van der Waals surface area contributed by atoms with Gasteiger partial charge in [0.05, 0.1) is 19.7 Å². The first-order valence-corrected chi connectivity index (χ1v) is 11.0. The SMILES string of the molecule is COc1cc2ncnc(N3CCC(C(C)CN[SH](=O)=O)CC3)c2cc1OC.NC(N)=O. The Morgan fingerprint density at radius 3 is 2.32 bits per heavy atom. The molecule has 1 aromatic carbocycles. The molecular weight excluding hydrogens is 424 g/mol. The third-order valence-electron chi connectivity index (χ3n) is 5.31. The largest absolute Gasteiger partial charge is 0.493 e. The van der Waals surface area contributed by atoms with E-state index in [0.29, 0.717) is 29.9 Å². The number of fused-ring (bicyclic) bond motifs is 1. The number of benzene rings is 1. The quantitative estimate of drug-likeness (QED) is 0.443. The number of rotatable bonds is 7. The van der Waals surface area contributed by atoms with Gasteiger partial charge in [-0.25, -0.2) is 27.9 Å². The summed E-state index contributed by atoms with van der Waals surface area (Å²) in [6.07, 6.45) is 3.57. The van der Waals surface area contributed by atoms with Gasteiger partial charge in [0.25, 0.3) is 0 Å². The Balaban J connectivity index is 0.000000785. The van der Waals surface area contributed by atoms with Crippen LogP contribution < -0.4 is 30.6 Å². The number of piperidine rings is 1. The van der Waals surface area contributed by atoms with Gasteiger partial charge in [-0.2, -0.15) is 0 Å². The normalized spacial score (nSPS) is 15.3. The minimum absolute atomic E-state index is 0.312. The van der Waals surface area contributed by atoms with Crippen molar-refractivity contribution in [2.75, 3.05) is 38.8 Å². The Bertz CT molecular complexity index is 950. The maximum atomic E-state index is 10.7. The number of amides is 2. The van der Waals surface area contributed by atoms with Crippen molar-refractivity contribution in [3.05, 3.63) is 18.5 Å². The number of nitrogens with two attached hydrogens (primary N) is 2. The Morgan fingerprint density at radius 1 is 1.19 bits per heavy atom. The van der Waals surface area contributed by atoms with Crippen LogP contribution >= 0.6 is 0 Å². The smallest absolute Gasteiger partial charge is 0.309 e. The number of carbonyl (C=O) groups is 1. The van der Waals surface area contributed by atoms with Gasteiger partial charge in [-0.05, 0) is 30.7 Å². The van der Waals surface area contributed by atoms with Crippen LogP contribution in [0.5, 0.6) is 11.5 Å². The molecule has 172 valence electrons. The Kier molecular flexibility index (Phi) is 9.06. The van der Waals surface area contributed by atoms with Gasteiger partial charge in [0.1, 0.15) is 12.1 Å². The van der Waals surface area contributed by atoms with Crippen LogP contribution in [0.2, 0.25) is 0 Å². The highest BCUT2D eigenvalue weighted by molar-refractivity contribution is 7.70. The highest BCUT2D eigenvalue weighted by Crippen LogP contribution is 2.36. The molecule has 0 bridgehead atoms. The lowest BCUT2D eigenvalue weighted by atomic mass is 9.85. The van der Waals surface area contributed by atoms with Gasteiger partial charge >= 0.3 is 6.03 Å². The van der Waals surface area contributed by atoms with E-state index in [2.05, 4.69) is 38.0 Å². The van der Waals surface area contributed by atoms with E-state index in [9.17, 15) is 8.42 Å². The molecule has 2 aromatic rings. The molecule has 1 fully saturated rings. The molecule has 5 N–H and O–H groups in total. The number of hydrogen-bond acceptors (Lipinski definition) is 8. The van der Waals surface area contributed by atoms with E-state index in [1.54, 1.807) is 20.5 Å². The number of nitrogens with zero attached hydrogens (tertiary/aromatic N) is 3. The third-order valence-corrected chi connectivity index (χ3v) is 5.75. The maximum Gasteiger partial charge on any atom is 0.309 e. The van der Waals surface area contributed by atoms with Crippen LogP contribution in [0, 0.1) is 11.8 Å². The summed E-state index contributed by atoms with van der Waals surface area (Å²) >= 11 is 0. The number of ether oxygens (including phenoxy) is 2. The number of methoxy groups -OCH3 is 2. The number of anilines is 1. The minimum Gasteiger partial charge on any atom is -0.493 e. The summed E-state index contributed by atoms with van der Waals surface area (Å²) < 4.78 is 34.8. The van der Waals surface area contributed by atoms with E-state index in [1.807, 2.05) is 12.1 Å². The number of aromatic nitrogens is 2. The number of carbonyl (C=O) groups excluding carboxylic acids is 1. The van der Waals surface area contributed by atoms with E-state index >= 15 is 0 Å². The fraction of sp³-hybridized carbons (Fsp3) is 0.526. The Labute approximate surface area is 183 Å². The van der Waals surface area contributed by atoms with Gasteiger partial charge in [-0.15, -0.1) is 0 Å². The summed E-state index contributed by atoms with van der Waals surface area (Å²) in [4.78, 5) is 20.1. The van der Waals surface area contributed by atoms with Crippen LogP contribution in [-0.4, -0.2) is 58.3 Å². The van der Waals surface area contributed by atoms with Gasteiger partial charge < -0.3 is 25.8 Å². The average molecular weight is 455 g/mol. The van der Waals surface area contributed by atoms with Crippen LogP contribution in [0.3, 0.4) is 0 Å². The zero-order valence-corrected chi connectivity index (χ0v) is 18.8. The Morgan fingerprint density at radius 2 is 1.77 bits per heavy atom. The van der Waals surface area contributed by atoms with E-state index in [-0.39, 0.29) is 0 Å². The molecule has 1 aliphatic heterocycles. The molecule has 1 saturated heterocycles. The first kappa shape index (κ1) is 24.4. The van der Waals surface area contributed by atoms with Gasteiger partial charge in [-0.1, -0.05) is 6.92 Å². The van der Waals surface area contributed by atoms with Crippen molar-refractivity contribution < 1.29 is 22.7 Å². The number of urea groups is 1. The van der Waals surface area contributed by atoms with Crippen molar-refractivity contribution in [3.8, 4) is 11.5 Å². The number of primary amides is 2. The third kappa shape index (κ3) is 6.82. The molecule has 1 aliphatic rings. The molecule has 0 aliphatic carbocycles. The fourth-order valence-corrected chi connectivity index (χ4v) is 4.12. The minimum atomic E-state index is -2.53. The molecule has 0 spiro atoms. The average Bonchev–Trinajstić information content (AvgIpc) is 2.75. The van der Waals surface area contributed by atoms with Crippen molar-refractivity contribution in [1.82, 2.24) is 14.7 Å². The summed E-state index contributed by atoms with van der Waals surface area (Å²) in [6, 6.07) is 2.96. The van der Waals surface area contributed by atoms with Crippen molar-refractivity contribution >= 4 is 33.6 Å². The van der Waals surface area contributed by atoms with Crippen LogP contribution in [0.15, 0.2) is 18.5 Å². The van der Waals surface area contributed by atoms with Gasteiger partial charge in [-0.3, -0.25) is 0 Å². The molecule has 1 aromatic heterocycles. The van der Waals surface area contributed by atoms with Crippen LogP contribution in [-0.2, 0) is 10.9 Å². The first-order valence-electron chi connectivity index (χ1n) is 9.81. The Hall–Kier alpha value is -2.86. The lowest BCUT2D eigenvalue weighted by Crippen LogP contribution is -2.38. The lowest BCUT2D eigenvalue weighted by molar-refractivity contribution is 0.256. The van der Waals surface area contributed by atoms with E-state index in [1.165, 1.54) is 0 Å². The standard InChI is InChI=1S/C18H26N4O4S.CH4N2O/c1-12(10-21-27(23)24)13-4-6-22(7-5-13)18-14-8-16(25-2)17(26-3)9-15(14)19-11-20-18;2-1(3)4/h8-9,11-13,27H,4-7,10H2,1-3H3,(H,21,23,24);(H4,2,3,4). The molecular formula is C19H30N6O5S. The summed E-state index contributed by atoms with van der Waals surface area (Å²) in [6.45, 7) is 4.35. The first-order chi connectivity index (χ1) is 14.8. The predicted octanol–water partition coefficient (Wildman–Crippen LogP) is 0.639. The zero-order valence-electron chi connectivity index (χ0n) is 17.9. The van der Waals surface area contributed by atoms with Gasteiger partial charge in [0.2, 0.25) is 10.9 Å². The predicted molar refractivity (Wildman–Crippen MR) is 119 cm³/mol. The van der Waals surface area contributed by atoms with Crippen LogP contribution in [0.4, 0.5) is 10.6 Å². The highest BCUT2D eigenvalue weighted by Gasteiger charge is 2.26. The van der Waals surface area contributed by atoms with E-state index < -0.39 is 16.9 Å². The van der Waals surface area contributed by atoms with Crippen LogP contribution in [0.25, 0.3) is 10.9 Å². The number of hydrogen-bond donors (Lipinski definition) is 4. The molecule has 11 nitrogen and oxygen atoms in total. The molecule has 0 saturated carbocycles. The molecule has 12 heteroatoms. The zero-order chi connectivity index (χ0) is 23.0. The molecule has 3 rings (SSSR count). The molecule has 1 atom stereocenters. The molecule has 1 unspecified atom stereocenters. The van der Waals surface area contributed by atoms with Crippen molar-refractivity contribution in [3.63, 3.8) is 0 Å². The second-order valence-corrected chi connectivity index (χ2v) is 8.08. The summed E-state index contributed by atoms with van der Waals surface area (Å²) in [5.74, 6) is 3.00. The second-order valence-electron chi connectivity index (χ2n) is 7.25. The maximum absolute atomic E-state index is 10.7. The highest BCUT2D eigenvalue weighted by atomic mass is 32.2. The van der Waals surface area contributed by atoms with Crippen LogP contribution in [0.1, 0.15) is 19.8 Å². The van der Waals surface area contributed by atoms with E-state index in [0.717, 1.165) is 42.7 Å². The van der Waals surface area contributed by atoms with Crippen molar-refractivity contribution in [1.29, 1.82) is 0 Å². The second kappa shape index (κ2) is 11.5. The molecule has 2 amide bonds. The summed E-state index contributed by atoms with van der Waals surface area (Å²) in [7, 11) is 0.694. The molecule has 31 heavy (non-hydrogen) atoms.